The molecule has 0 radical (unpaired) electrons. The molecule has 0 spiro atoms. The molecule has 0 saturated heterocycles. The monoisotopic (exact) mass is 614 g/mol. The van der Waals surface area contributed by atoms with Crippen LogP contribution in [0.25, 0.3) is 0 Å². The largest absolute Gasteiger partial charge is 0.370 e. The van der Waals surface area contributed by atoms with E-state index in [4.69, 9.17) is 11.5 Å². The standard InChI is InChI=1S/C25H31BrN10O4/c1-14(26)22(38)33-17-8-20(35(2)12-17)24(40)34-18-9-19(36(3)13-18)23(39)32-16-7-15(31-11-16)10-21(37)29-5-4-6-30-25(27)28/h7-9,11-13,31H,1,4-6,10H2,2-3H3,(H,29,37)(H,32,39)(H,33,38)(H,34,40)(H4,27,28,30). The van der Waals surface area contributed by atoms with E-state index >= 15 is 0 Å². The SMILES string of the molecule is C=C(Br)C(=O)Nc1cc(C(=O)Nc2cc(C(=O)Nc3c[nH]c(CC(=O)NCCCN=C(N)N)c3)n(C)c2)n(C)c1. The van der Waals surface area contributed by atoms with E-state index in [0.29, 0.717) is 53.7 Å². The molecule has 15 heteroatoms. The van der Waals surface area contributed by atoms with E-state index in [1.807, 2.05) is 0 Å². The van der Waals surface area contributed by atoms with Crippen molar-refractivity contribution in [2.75, 3.05) is 29.0 Å². The Labute approximate surface area is 238 Å². The van der Waals surface area contributed by atoms with Crippen LogP contribution in [-0.4, -0.2) is 56.8 Å². The number of nitrogens with two attached hydrogens (primary N) is 2. The molecule has 212 valence electrons. The van der Waals surface area contributed by atoms with Crippen molar-refractivity contribution < 1.29 is 19.2 Å². The van der Waals surface area contributed by atoms with Gasteiger partial charge in [-0.25, -0.2) is 0 Å². The van der Waals surface area contributed by atoms with Crippen molar-refractivity contribution in [1.82, 2.24) is 19.4 Å². The number of aromatic nitrogens is 3. The number of guanidine groups is 1. The van der Waals surface area contributed by atoms with Crippen LogP contribution in [0.2, 0.25) is 0 Å². The van der Waals surface area contributed by atoms with E-state index in [1.54, 1.807) is 47.9 Å². The van der Waals surface area contributed by atoms with Gasteiger partial charge in [0.2, 0.25) is 5.91 Å². The lowest BCUT2D eigenvalue weighted by Crippen LogP contribution is -2.27. The zero-order valence-electron chi connectivity index (χ0n) is 22.0. The van der Waals surface area contributed by atoms with E-state index in [0.717, 1.165) is 0 Å². The molecule has 9 N–H and O–H groups in total. The van der Waals surface area contributed by atoms with E-state index in [1.165, 1.54) is 12.1 Å². The number of nitrogens with zero attached hydrogens (tertiary/aromatic N) is 3. The third kappa shape index (κ3) is 8.36. The Morgan fingerprint density at radius 2 is 1.52 bits per heavy atom. The van der Waals surface area contributed by atoms with Gasteiger partial charge in [-0.05, 0) is 40.5 Å². The number of anilines is 3. The lowest BCUT2D eigenvalue weighted by atomic mass is 10.3. The highest BCUT2D eigenvalue weighted by Gasteiger charge is 2.18. The Hall–Kier alpha value is -4.79. The Balaban J connectivity index is 1.55. The summed E-state index contributed by atoms with van der Waals surface area (Å²) in [6.07, 6.45) is 5.49. The summed E-state index contributed by atoms with van der Waals surface area (Å²) in [5.74, 6) is -1.44. The minimum absolute atomic E-state index is 0.00972. The Bertz CT molecular complexity index is 1460. The van der Waals surface area contributed by atoms with Gasteiger partial charge in [-0.15, -0.1) is 0 Å². The van der Waals surface area contributed by atoms with Crippen molar-refractivity contribution in [1.29, 1.82) is 0 Å². The summed E-state index contributed by atoms with van der Waals surface area (Å²) >= 11 is 3.01. The van der Waals surface area contributed by atoms with Crippen LogP contribution in [0.15, 0.2) is 52.8 Å². The second-order valence-electron chi connectivity index (χ2n) is 8.82. The van der Waals surface area contributed by atoms with Crippen molar-refractivity contribution in [3.05, 3.63) is 64.9 Å². The molecule has 0 aromatic carbocycles. The fourth-order valence-electron chi connectivity index (χ4n) is 3.67. The maximum Gasteiger partial charge on any atom is 0.272 e. The van der Waals surface area contributed by atoms with Crippen LogP contribution in [0.1, 0.15) is 33.1 Å². The van der Waals surface area contributed by atoms with Crippen molar-refractivity contribution in [2.24, 2.45) is 30.6 Å². The number of H-pyrrole nitrogens is 1. The number of nitrogens with one attached hydrogen (secondary N) is 5. The molecule has 0 atom stereocenters. The summed E-state index contributed by atoms with van der Waals surface area (Å²) in [4.78, 5) is 56.5. The average molecular weight is 615 g/mol. The molecule has 14 nitrogen and oxygen atoms in total. The van der Waals surface area contributed by atoms with Gasteiger partial charge >= 0.3 is 0 Å². The molecular formula is C25H31BrN10O4. The van der Waals surface area contributed by atoms with Gasteiger partial charge in [0.05, 0.1) is 28.0 Å². The molecule has 0 aliphatic carbocycles. The topological polar surface area (TPSA) is 206 Å². The van der Waals surface area contributed by atoms with Crippen LogP contribution in [0.3, 0.4) is 0 Å². The first-order chi connectivity index (χ1) is 18.9. The van der Waals surface area contributed by atoms with Gasteiger partial charge in [-0.3, -0.25) is 24.2 Å². The van der Waals surface area contributed by atoms with E-state index in [-0.39, 0.29) is 22.8 Å². The predicted molar refractivity (Wildman–Crippen MR) is 156 cm³/mol. The normalized spacial score (nSPS) is 10.5. The summed E-state index contributed by atoms with van der Waals surface area (Å²) in [5.41, 5.74) is 13.1. The number of aliphatic imine (C=N–C) groups is 1. The van der Waals surface area contributed by atoms with Crippen molar-refractivity contribution in [3.8, 4) is 0 Å². The maximum atomic E-state index is 12.9. The summed E-state index contributed by atoms with van der Waals surface area (Å²) in [6, 6.07) is 4.73. The Morgan fingerprint density at radius 1 is 0.950 bits per heavy atom. The fourth-order valence-corrected chi connectivity index (χ4v) is 3.77. The molecule has 3 heterocycles. The van der Waals surface area contributed by atoms with Gasteiger partial charge in [0.25, 0.3) is 17.7 Å². The van der Waals surface area contributed by atoms with Crippen molar-refractivity contribution in [3.63, 3.8) is 0 Å². The first-order valence-electron chi connectivity index (χ1n) is 12.0. The summed E-state index contributed by atoms with van der Waals surface area (Å²) < 4.78 is 3.30. The van der Waals surface area contributed by atoms with Gasteiger partial charge in [-0.2, -0.15) is 0 Å². The van der Waals surface area contributed by atoms with Crippen LogP contribution >= 0.6 is 15.9 Å². The fraction of sp³-hybridized carbons (Fsp3) is 0.240. The van der Waals surface area contributed by atoms with Gasteiger partial charge in [0.15, 0.2) is 5.96 Å². The first-order valence-corrected chi connectivity index (χ1v) is 12.8. The highest BCUT2D eigenvalue weighted by atomic mass is 79.9. The molecule has 0 aliphatic heterocycles. The van der Waals surface area contributed by atoms with Crippen LogP contribution in [0.4, 0.5) is 17.1 Å². The predicted octanol–water partition coefficient (Wildman–Crippen LogP) is 1.37. The highest BCUT2D eigenvalue weighted by molar-refractivity contribution is 9.12. The summed E-state index contributed by atoms with van der Waals surface area (Å²) in [6.45, 7) is 4.37. The number of amides is 4. The van der Waals surface area contributed by atoms with Crippen molar-refractivity contribution in [2.45, 2.75) is 12.8 Å². The van der Waals surface area contributed by atoms with Gasteiger partial charge in [-0.1, -0.05) is 6.58 Å². The van der Waals surface area contributed by atoms with E-state index in [9.17, 15) is 19.2 Å². The van der Waals surface area contributed by atoms with E-state index < -0.39 is 17.7 Å². The quantitative estimate of drug-likeness (QED) is 0.0693. The minimum atomic E-state index is -0.428. The smallest absolute Gasteiger partial charge is 0.272 e. The van der Waals surface area contributed by atoms with Crippen LogP contribution < -0.4 is 32.7 Å². The Morgan fingerprint density at radius 3 is 2.10 bits per heavy atom. The molecule has 40 heavy (non-hydrogen) atoms. The van der Waals surface area contributed by atoms with Crippen molar-refractivity contribution >= 4 is 62.6 Å². The third-order valence-electron chi connectivity index (χ3n) is 5.54. The molecule has 0 unspecified atom stereocenters. The number of hydrogen-bond donors (Lipinski definition) is 7. The third-order valence-corrected chi connectivity index (χ3v) is 5.90. The molecule has 0 saturated carbocycles. The zero-order valence-corrected chi connectivity index (χ0v) is 23.6. The summed E-state index contributed by atoms with van der Waals surface area (Å²) in [5, 5.41) is 10.9. The molecule has 0 aliphatic rings. The van der Waals surface area contributed by atoms with Crippen LogP contribution in [-0.2, 0) is 30.1 Å². The molecule has 3 aromatic rings. The molecule has 3 aromatic heterocycles. The van der Waals surface area contributed by atoms with E-state index in [2.05, 4.69) is 53.8 Å². The number of aryl methyl sites for hydroxylation is 2. The second-order valence-corrected chi connectivity index (χ2v) is 9.77. The maximum absolute atomic E-state index is 12.9. The van der Waals surface area contributed by atoms with Crippen LogP contribution in [0, 0.1) is 0 Å². The molecular weight excluding hydrogens is 584 g/mol. The number of rotatable bonds is 12. The van der Waals surface area contributed by atoms with Gasteiger partial charge in [0.1, 0.15) is 11.4 Å². The number of carbonyl (C=O) groups excluding carboxylic acids is 4. The number of carbonyl (C=O) groups is 4. The highest BCUT2D eigenvalue weighted by Crippen LogP contribution is 2.19. The molecule has 3 rings (SSSR count). The second kappa shape index (κ2) is 13.3. The molecule has 4 amide bonds. The zero-order chi connectivity index (χ0) is 29.4. The van der Waals surface area contributed by atoms with Crippen LogP contribution in [0.5, 0.6) is 0 Å². The number of aromatic amines is 1. The molecule has 0 fully saturated rings. The number of hydrogen-bond acceptors (Lipinski definition) is 5. The van der Waals surface area contributed by atoms with Gasteiger partial charge < -0.3 is 46.9 Å². The minimum Gasteiger partial charge on any atom is -0.370 e. The first kappa shape index (κ1) is 29.8. The Kier molecular flexibility index (Phi) is 9.92. The van der Waals surface area contributed by atoms with Gasteiger partial charge in [0, 0.05) is 51.5 Å². The lowest BCUT2D eigenvalue weighted by Gasteiger charge is -2.04. The molecule has 0 bridgehead atoms. The summed E-state index contributed by atoms with van der Waals surface area (Å²) in [7, 11) is 3.34. The lowest BCUT2D eigenvalue weighted by molar-refractivity contribution is -0.120. The average Bonchev–Trinajstić information content (AvgIpc) is 3.56. The number of halogens is 1.